The van der Waals surface area contributed by atoms with E-state index in [4.69, 9.17) is 16.0 Å². The standard InChI is InChI=1S/C19H16ClN3O3S/c1-11-3-8-15(26-11)18(24)21-14-6-4-13(5-7-14)12(2)22-23-19(25)16-9-10-17(20)27-16/h3-10H,1-2H3,(H,21,24)(H,23,25). The molecule has 3 rings (SSSR count). The van der Waals surface area contributed by atoms with E-state index in [1.54, 1.807) is 62.4 Å². The lowest BCUT2D eigenvalue weighted by atomic mass is 10.1. The lowest BCUT2D eigenvalue weighted by Crippen LogP contribution is -2.18. The maximum atomic E-state index is 12.1. The van der Waals surface area contributed by atoms with Gasteiger partial charge in [0.25, 0.3) is 11.8 Å². The number of hydrazone groups is 1. The van der Waals surface area contributed by atoms with E-state index < -0.39 is 0 Å². The van der Waals surface area contributed by atoms with E-state index in [2.05, 4.69) is 15.8 Å². The van der Waals surface area contributed by atoms with Gasteiger partial charge in [0.05, 0.1) is 14.9 Å². The van der Waals surface area contributed by atoms with E-state index in [-0.39, 0.29) is 17.6 Å². The molecular weight excluding hydrogens is 386 g/mol. The van der Waals surface area contributed by atoms with Crippen molar-refractivity contribution in [2.45, 2.75) is 13.8 Å². The molecule has 2 heterocycles. The number of halogens is 1. The van der Waals surface area contributed by atoms with Crippen LogP contribution in [-0.4, -0.2) is 17.5 Å². The predicted octanol–water partition coefficient (Wildman–Crippen LogP) is 4.71. The van der Waals surface area contributed by atoms with Crippen molar-refractivity contribution in [1.29, 1.82) is 0 Å². The molecule has 0 aliphatic carbocycles. The summed E-state index contributed by atoms with van der Waals surface area (Å²) in [6.45, 7) is 3.56. The molecule has 8 heteroatoms. The Kier molecular flexibility index (Phi) is 5.73. The van der Waals surface area contributed by atoms with Crippen molar-refractivity contribution in [2.75, 3.05) is 5.32 Å². The number of amides is 2. The minimum Gasteiger partial charge on any atom is -0.456 e. The SMILES string of the molecule is CC(=NNC(=O)c1ccc(Cl)s1)c1ccc(NC(=O)c2ccc(C)o2)cc1. The summed E-state index contributed by atoms with van der Waals surface area (Å²) in [4.78, 5) is 24.5. The van der Waals surface area contributed by atoms with Crippen LogP contribution in [0.25, 0.3) is 0 Å². The molecule has 0 radical (unpaired) electrons. The van der Waals surface area contributed by atoms with Gasteiger partial charge in [-0.25, -0.2) is 5.43 Å². The average molecular weight is 402 g/mol. The highest BCUT2D eigenvalue weighted by Crippen LogP contribution is 2.21. The molecule has 0 aliphatic heterocycles. The topological polar surface area (TPSA) is 83.7 Å². The molecule has 0 spiro atoms. The minimum absolute atomic E-state index is 0.255. The monoisotopic (exact) mass is 401 g/mol. The molecule has 27 heavy (non-hydrogen) atoms. The molecule has 0 bridgehead atoms. The molecule has 0 saturated heterocycles. The van der Waals surface area contributed by atoms with Gasteiger partial charge in [0.2, 0.25) is 0 Å². The molecule has 1 aromatic carbocycles. The molecule has 2 N–H and O–H groups in total. The number of rotatable bonds is 5. The molecule has 0 aliphatic rings. The Morgan fingerprint density at radius 1 is 1.04 bits per heavy atom. The quantitative estimate of drug-likeness (QED) is 0.479. The Morgan fingerprint density at radius 2 is 1.78 bits per heavy atom. The lowest BCUT2D eigenvalue weighted by molar-refractivity contribution is 0.0957. The number of furan rings is 1. The minimum atomic E-state index is -0.317. The van der Waals surface area contributed by atoms with Crippen LogP contribution in [0.1, 0.15) is 38.5 Å². The Hall–Kier alpha value is -2.90. The number of nitrogens with zero attached hydrogens (tertiary/aromatic N) is 1. The molecule has 138 valence electrons. The third kappa shape index (κ3) is 4.84. The highest BCUT2D eigenvalue weighted by atomic mass is 35.5. The Morgan fingerprint density at radius 3 is 2.37 bits per heavy atom. The number of aryl methyl sites for hydroxylation is 1. The van der Waals surface area contributed by atoms with Crippen molar-refractivity contribution in [1.82, 2.24) is 5.43 Å². The van der Waals surface area contributed by atoms with Crippen LogP contribution in [0.15, 0.2) is 58.0 Å². The molecule has 0 saturated carbocycles. The third-order valence-electron chi connectivity index (χ3n) is 3.65. The normalized spacial score (nSPS) is 11.3. The predicted molar refractivity (Wildman–Crippen MR) is 107 cm³/mol. The van der Waals surface area contributed by atoms with Gasteiger partial charge in [-0.2, -0.15) is 5.10 Å². The fraction of sp³-hybridized carbons (Fsp3) is 0.105. The van der Waals surface area contributed by atoms with Gasteiger partial charge in [0.1, 0.15) is 5.76 Å². The van der Waals surface area contributed by atoms with Gasteiger partial charge in [-0.05, 0) is 55.8 Å². The highest BCUT2D eigenvalue weighted by Gasteiger charge is 2.11. The van der Waals surface area contributed by atoms with Crippen LogP contribution in [0.4, 0.5) is 5.69 Å². The lowest BCUT2D eigenvalue weighted by Gasteiger charge is -2.06. The van der Waals surface area contributed by atoms with E-state index >= 15 is 0 Å². The fourth-order valence-electron chi connectivity index (χ4n) is 2.23. The summed E-state index contributed by atoms with van der Waals surface area (Å²) in [5.74, 6) is 0.298. The zero-order chi connectivity index (χ0) is 19.4. The number of nitrogens with one attached hydrogen (secondary N) is 2. The van der Waals surface area contributed by atoms with Gasteiger partial charge < -0.3 is 9.73 Å². The number of carbonyl (C=O) groups is 2. The first-order chi connectivity index (χ1) is 12.9. The van der Waals surface area contributed by atoms with Crippen molar-refractivity contribution in [2.24, 2.45) is 5.10 Å². The Labute approximate surface area is 164 Å². The van der Waals surface area contributed by atoms with Crippen LogP contribution < -0.4 is 10.7 Å². The molecule has 2 amide bonds. The maximum absolute atomic E-state index is 12.1. The summed E-state index contributed by atoms with van der Waals surface area (Å²) in [5.41, 5.74) is 4.57. The van der Waals surface area contributed by atoms with Crippen molar-refractivity contribution in [3.05, 3.63) is 74.8 Å². The second-order valence-electron chi connectivity index (χ2n) is 5.68. The van der Waals surface area contributed by atoms with Crippen LogP contribution in [0.5, 0.6) is 0 Å². The summed E-state index contributed by atoms with van der Waals surface area (Å²) in [5, 5.41) is 6.86. The van der Waals surface area contributed by atoms with Gasteiger partial charge in [-0.1, -0.05) is 23.7 Å². The highest BCUT2D eigenvalue weighted by molar-refractivity contribution is 7.17. The molecule has 6 nitrogen and oxygen atoms in total. The van der Waals surface area contributed by atoms with E-state index in [0.29, 0.717) is 26.4 Å². The van der Waals surface area contributed by atoms with Gasteiger partial charge in [-0.15, -0.1) is 11.3 Å². The largest absolute Gasteiger partial charge is 0.456 e. The van der Waals surface area contributed by atoms with E-state index in [1.807, 2.05) is 0 Å². The third-order valence-corrected chi connectivity index (χ3v) is 4.88. The van der Waals surface area contributed by atoms with Crippen LogP contribution in [0.2, 0.25) is 4.34 Å². The van der Waals surface area contributed by atoms with E-state index in [9.17, 15) is 9.59 Å². The molecule has 2 aromatic heterocycles. The van der Waals surface area contributed by atoms with Gasteiger partial charge in [-0.3, -0.25) is 9.59 Å². The number of benzene rings is 1. The van der Waals surface area contributed by atoms with Crippen molar-refractivity contribution >= 4 is 46.2 Å². The summed E-state index contributed by atoms with van der Waals surface area (Å²) >= 11 is 7.01. The van der Waals surface area contributed by atoms with E-state index in [0.717, 1.165) is 5.56 Å². The Balaban J connectivity index is 1.62. The van der Waals surface area contributed by atoms with Crippen LogP contribution in [-0.2, 0) is 0 Å². The second-order valence-corrected chi connectivity index (χ2v) is 7.40. The summed E-state index contributed by atoms with van der Waals surface area (Å²) in [6.07, 6.45) is 0. The summed E-state index contributed by atoms with van der Waals surface area (Å²) in [7, 11) is 0. The number of carbonyl (C=O) groups excluding carboxylic acids is 2. The Bertz CT molecular complexity index is 1010. The number of anilines is 1. The second kappa shape index (κ2) is 8.20. The van der Waals surface area contributed by atoms with Crippen LogP contribution in [0, 0.1) is 6.92 Å². The summed E-state index contributed by atoms with van der Waals surface area (Å²) in [6, 6.07) is 13.8. The van der Waals surface area contributed by atoms with Gasteiger partial charge >= 0.3 is 0 Å². The smallest absolute Gasteiger partial charge is 0.291 e. The molecule has 0 fully saturated rings. The summed E-state index contributed by atoms with van der Waals surface area (Å²) < 4.78 is 5.84. The van der Waals surface area contributed by atoms with Crippen molar-refractivity contribution < 1.29 is 14.0 Å². The average Bonchev–Trinajstić information content (AvgIpc) is 3.28. The zero-order valence-corrected chi connectivity index (χ0v) is 16.1. The van der Waals surface area contributed by atoms with E-state index in [1.165, 1.54) is 11.3 Å². The first-order valence-electron chi connectivity index (χ1n) is 8.00. The number of hydrogen-bond acceptors (Lipinski definition) is 5. The fourth-order valence-corrected chi connectivity index (χ4v) is 3.17. The molecule has 0 unspecified atom stereocenters. The van der Waals surface area contributed by atoms with Gasteiger partial charge in [0.15, 0.2) is 5.76 Å². The number of thiophene rings is 1. The molecular formula is C19H16ClN3O3S. The molecule has 3 aromatic rings. The first-order valence-corrected chi connectivity index (χ1v) is 9.20. The van der Waals surface area contributed by atoms with Gasteiger partial charge in [0, 0.05) is 5.69 Å². The van der Waals surface area contributed by atoms with Crippen LogP contribution >= 0.6 is 22.9 Å². The van der Waals surface area contributed by atoms with Crippen LogP contribution in [0.3, 0.4) is 0 Å². The first kappa shape index (κ1) is 18.9. The van der Waals surface area contributed by atoms with Crippen molar-refractivity contribution in [3.63, 3.8) is 0 Å². The zero-order valence-electron chi connectivity index (χ0n) is 14.6. The molecule has 0 atom stereocenters. The van der Waals surface area contributed by atoms with Crippen molar-refractivity contribution in [3.8, 4) is 0 Å². The number of hydrogen-bond donors (Lipinski definition) is 2. The maximum Gasteiger partial charge on any atom is 0.291 e.